The van der Waals surface area contributed by atoms with Crippen LogP contribution in [0.1, 0.15) is 26.7 Å². The first-order chi connectivity index (χ1) is 9.40. The number of sulfone groups is 1. The standard InChI is InChI=1S/C15H24N2O2S/c1-3-20(18,19)14-6-4-13(5-7-14)17-10-8-15(2,12-16)9-11-17/h4-7H,3,8-12,16H2,1-2H3. The predicted molar refractivity (Wildman–Crippen MR) is 82.8 cm³/mol. The van der Waals surface area contributed by atoms with E-state index in [1.165, 1.54) is 0 Å². The van der Waals surface area contributed by atoms with Gasteiger partial charge in [0.1, 0.15) is 0 Å². The van der Waals surface area contributed by atoms with Gasteiger partial charge in [-0.15, -0.1) is 0 Å². The molecule has 1 heterocycles. The van der Waals surface area contributed by atoms with Crippen LogP contribution in [0.5, 0.6) is 0 Å². The quantitative estimate of drug-likeness (QED) is 0.923. The molecule has 0 aromatic heterocycles. The molecule has 5 heteroatoms. The van der Waals surface area contributed by atoms with Gasteiger partial charge in [0.2, 0.25) is 0 Å². The number of hydrogen-bond acceptors (Lipinski definition) is 4. The number of nitrogens with two attached hydrogens (primary N) is 1. The van der Waals surface area contributed by atoms with Gasteiger partial charge in [0, 0.05) is 18.8 Å². The lowest BCUT2D eigenvalue weighted by Gasteiger charge is -2.39. The molecule has 112 valence electrons. The van der Waals surface area contributed by atoms with E-state index in [0.29, 0.717) is 4.90 Å². The van der Waals surface area contributed by atoms with Crippen LogP contribution >= 0.6 is 0 Å². The Balaban J connectivity index is 2.09. The first-order valence-corrected chi connectivity index (χ1v) is 8.83. The van der Waals surface area contributed by atoms with Crippen molar-refractivity contribution in [2.24, 2.45) is 11.1 Å². The first-order valence-electron chi connectivity index (χ1n) is 7.18. The summed E-state index contributed by atoms with van der Waals surface area (Å²) in [4.78, 5) is 2.72. The van der Waals surface area contributed by atoms with E-state index in [1.807, 2.05) is 12.1 Å². The second-order valence-electron chi connectivity index (χ2n) is 5.90. The van der Waals surface area contributed by atoms with E-state index in [1.54, 1.807) is 19.1 Å². The fourth-order valence-electron chi connectivity index (χ4n) is 2.54. The van der Waals surface area contributed by atoms with Crippen molar-refractivity contribution in [3.63, 3.8) is 0 Å². The van der Waals surface area contributed by atoms with Crippen LogP contribution < -0.4 is 10.6 Å². The fraction of sp³-hybridized carbons (Fsp3) is 0.600. The van der Waals surface area contributed by atoms with Crippen LogP contribution in [0.3, 0.4) is 0 Å². The van der Waals surface area contributed by atoms with Gasteiger partial charge in [-0.25, -0.2) is 8.42 Å². The highest BCUT2D eigenvalue weighted by atomic mass is 32.2. The molecule has 1 aromatic rings. The van der Waals surface area contributed by atoms with Crippen molar-refractivity contribution in [1.82, 2.24) is 0 Å². The fourth-order valence-corrected chi connectivity index (χ4v) is 3.42. The third-order valence-corrected chi connectivity index (χ3v) is 6.15. The second-order valence-corrected chi connectivity index (χ2v) is 8.18. The summed E-state index contributed by atoms with van der Waals surface area (Å²) in [5.74, 6) is 0.144. The van der Waals surface area contributed by atoms with Gasteiger partial charge in [0.25, 0.3) is 0 Å². The molecule has 0 saturated carbocycles. The van der Waals surface area contributed by atoms with Crippen LogP contribution in [-0.4, -0.2) is 33.8 Å². The van der Waals surface area contributed by atoms with Gasteiger partial charge in [-0.2, -0.15) is 0 Å². The van der Waals surface area contributed by atoms with Gasteiger partial charge in [-0.1, -0.05) is 13.8 Å². The zero-order chi connectivity index (χ0) is 14.8. The minimum atomic E-state index is -3.10. The molecule has 2 N–H and O–H groups in total. The molecule has 4 nitrogen and oxygen atoms in total. The molecule has 1 aliphatic heterocycles. The van der Waals surface area contributed by atoms with E-state index >= 15 is 0 Å². The lowest BCUT2D eigenvalue weighted by atomic mass is 9.80. The topological polar surface area (TPSA) is 63.4 Å². The van der Waals surface area contributed by atoms with Gasteiger partial charge in [0.05, 0.1) is 10.6 Å². The molecule has 1 fully saturated rings. The Hall–Kier alpha value is -1.07. The number of hydrogen-bond donors (Lipinski definition) is 1. The number of benzene rings is 1. The molecule has 0 unspecified atom stereocenters. The zero-order valence-corrected chi connectivity index (χ0v) is 13.1. The molecular formula is C15H24N2O2S. The van der Waals surface area contributed by atoms with Gasteiger partial charge in [0.15, 0.2) is 9.84 Å². The highest BCUT2D eigenvalue weighted by Gasteiger charge is 2.28. The van der Waals surface area contributed by atoms with Gasteiger partial charge in [-0.3, -0.25) is 0 Å². The molecule has 1 aromatic carbocycles. The summed E-state index contributed by atoms with van der Waals surface area (Å²) in [6, 6.07) is 7.25. The normalized spacial score (nSPS) is 19.1. The van der Waals surface area contributed by atoms with Crippen LogP contribution in [-0.2, 0) is 9.84 Å². The Kier molecular flexibility index (Phi) is 4.39. The number of rotatable bonds is 4. The van der Waals surface area contributed by atoms with Crippen LogP contribution in [0.2, 0.25) is 0 Å². The van der Waals surface area contributed by atoms with Crippen LogP contribution in [0.25, 0.3) is 0 Å². The second kappa shape index (κ2) is 5.74. The van der Waals surface area contributed by atoms with Crippen molar-refractivity contribution in [2.45, 2.75) is 31.6 Å². The largest absolute Gasteiger partial charge is 0.371 e. The van der Waals surface area contributed by atoms with Crippen molar-refractivity contribution in [3.8, 4) is 0 Å². The van der Waals surface area contributed by atoms with E-state index in [2.05, 4.69) is 11.8 Å². The molecule has 2 rings (SSSR count). The number of nitrogens with zero attached hydrogens (tertiary/aromatic N) is 1. The first kappa shape index (κ1) is 15.3. The molecule has 1 aliphatic rings. The highest BCUT2D eigenvalue weighted by Crippen LogP contribution is 2.32. The van der Waals surface area contributed by atoms with Crippen LogP contribution in [0.15, 0.2) is 29.2 Å². The molecule has 0 atom stereocenters. The van der Waals surface area contributed by atoms with Gasteiger partial charge >= 0.3 is 0 Å². The summed E-state index contributed by atoms with van der Waals surface area (Å²) in [5, 5.41) is 0. The Morgan fingerprint density at radius 2 is 1.75 bits per heavy atom. The third-order valence-electron chi connectivity index (χ3n) is 4.40. The molecule has 0 aliphatic carbocycles. The molecule has 0 amide bonds. The smallest absolute Gasteiger partial charge is 0.178 e. The van der Waals surface area contributed by atoms with Crippen molar-refractivity contribution >= 4 is 15.5 Å². The van der Waals surface area contributed by atoms with Gasteiger partial charge in [-0.05, 0) is 49.1 Å². The van der Waals surface area contributed by atoms with Crippen molar-refractivity contribution in [1.29, 1.82) is 0 Å². The third kappa shape index (κ3) is 3.15. The Labute approximate surface area is 121 Å². The van der Waals surface area contributed by atoms with Crippen molar-refractivity contribution in [2.75, 3.05) is 30.3 Å². The van der Waals surface area contributed by atoms with Crippen molar-refractivity contribution in [3.05, 3.63) is 24.3 Å². The molecule has 0 radical (unpaired) electrons. The summed E-state index contributed by atoms with van der Waals surface area (Å²) < 4.78 is 23.6. The zero-order valence-electron chi connectivity index (χ0n) is 12.3. The lowest BCUT2D eigenvalue weighted by Crippen LogP contribution is -2.42. The van der Waals surface area contributed by atoms with Crippen LogP contribution in [0, 0.1) is 5.41 Å². The molecule has 0 spiro atoms. The molecule has 1 saturated heterocycles. The van der Waals surface area contributed by atoms with Crippen LogP contribution in [0.4, 0.5) is 5.69 Å². The summed E-state index contributed by atoms with van der Waals surface area (Å²) in [6.45, 7) is 6.60. The minimum absolute atomic E-state index is 0.144. The van der Waals surface area contributed by atoms with E-state index in [9.17, 15) is 8.42 Å². The van der Waals surface area contributed by atoms with E-state index in [-0.39, 0.29) is 11.2 Å². The molecule has 20 heavy (non-hydrogen) atoms. The summed E-state index contributed by atoms with van der Waals surface area (Å²) in [6.07, 6.45) is 2.16. The maximum Gasteiger partial charge on any atom is 0.178 e. The van der Waals surface area contributed by atoms with E-state index in [4.69, 9.17) is 5.73 Å². The maximum absolute atomic E-state index is 11.8. The number of piperidine rings is 1. The summed E-state index contributed by atoms with van der Waals surface area (Å²) in [7, 11) is -3.10. The molecular weight excluding hydrogens is 272 g/mol. The van der Waals surface area contributed by atoms with E-state index < -0.39 is 9.84 Å². The van der Waals surface area contributed by atoms with Gasteiger partial charge < -0.3 is 10.6 Å². The highest BCUT2D eigenvalue weighted by molar-refractivity contribution is 7.91. The number of anilines is 1. The lowest BCUT2D eigenvalue weighted by molar-refractivity contribution is 0.258. The monoisotopic (exact) mass is 296 g/mol. The Bertz CT molecular complexity index is 544. The average Bonchev–Trinajstić information content (AvgIpc) is 2.48. The maximum atomic E-state index is 11.8. The minimum Gasteiger partial charge on any atom is -0.371 e. The summed E-state index contributed by atoms with van der Waals surface area (Å²) in [5.41, 5.74) is 7.17. The van der Waals surface area contributed by atoms with Crippen molar-refractivity contribution < 1.29 is 8.42 Å². The Morgan fingerprint density at radius 3 is 2.20 bits per heavy atom. The average molecular weight is 296 g/mol. The van der Waals surface area contributed by atoms with E-state index in [0.717, 1.165) is 38.2 Å². The predicted octanol–water partition coefficient (Wildman–Crippen LogP) is 2.05. The SMILES string of the molecule is CCS(=O)(=O)c1ccc(N2CCC(C)(CN)CC2)cc1. The summed E-state index contributed by atoms with van der Waals surface area (Å²) >= 11 is 0. The Morgan fingerprint density at radius 1 is 1.20 bits per heavy atom. The molecule has 0 bridgehead atoms.